The molecule has 0 aromatic carbocycles. The fourth-order valence-electron chi connectivity index (χ4n) is 0.839. The summed E-state index contributed by atoms with van der Waals surface area (Å²) in [7, 11) is 0. The normalized spacial score (nSPS) is 15.3. The van der Waals surface area contributed by atoms with Gasteiger partial charge < -0.3 is 5.32 Å². The lowest BCUT2D eigenvalue weighted by molar-refractivity contribution is 0.294. The Morgan fingerprint density at radius 2 is 1.90 bits per heavy atom. The van der Waals surface area contributed by atoms with Crippen molar-refractivity contribution in [1.82, 2.24) is 5.32 Å². The van der Waals surface area contributed by atoms with Crippen molar-refractivity contribution in [2.24, 2.45) is 5.41 Å². The highest BCUT2D eigenvalue weighted by atomic mass is 35.5. The van der Waals surface area contributed by atoms with Crippen molar-refractivity contribution < 1.29 is 0 Å². The maximum absolute atomic E-state index is 5.77. The van der Waals surface area contributed by atoms with Gasteiger partial charge in [-0.25, -0.2) is 0 Å². The van der Waals surface area contributed by atoms with Crippen LogP contribution in [0, 0.1) is 5.41 Å². The van der Waals surface area contributed by atoms with Gasteiger partial charge in [-0.3, -0.25) is 0 Å². The van der Waals surface area contributed by atoms with Crippen molar-refractivity contribution in [1.29, 1.82) is 0 Å². The van der Waals surface area contributed by atoms with Crippen LogP contribution in [-0.4, -0.2) is 18.5 Å². The standard InChI is InChI=1S/C8H18ClN/c1-5-10-7(6-9)8(2,3)4/h7,10H,5-6H2,1-4H3. The van der Waals surface area contributed by atoms with E-state index in [1.54, 1.807) is 0 Å². The first-order valence-corrected chi connectivity index (χ1v) is 4.35. The highest BCUT2D eigenvalue weighted by Gasteiger charge is 2.21. The molecule has 0 aliphatic heterocycles. The van der Waals surface area contributed by atoms with Crippen molar-refractivity contribution in [2.45, 2.75) is 33.7 Å². The molecule has 0 saturated heterocycles. The molecule has 10 heavy (non-hydrogen) atoms. The first kappa shape index (κ1) is 10.2. The molecule has 0 aromatic rings. The Kier molecular flexibility index (Phi) is 4.30. The van der Waals surface area contributed by atoms with Crippen LogP contribution in [0.5, 0.6) is 0 Å². The summed E-state index contributed by atoms with van der Waals surface area (Å²) in [6.45, 7) is 9.69. The number of halogens is 1. The summed E-state index contributed by atoms with van der Waals surface area (Å²) >= 11 is 5.77. The molecule has 1 nitrogen and oxygen atoms in total. The van der Waals surface area contributed by atoms with E-state index in [-0.39, 0.29) is 5.41 Å². The molecule has 0 heterocycles. The Hall–Kier alpha value is 0.250. The molecule has 2 heteroatoms. The maximum Gasteiger partial charge on any atom is 0.0382 e. The van der Waals surface area contributed by atoms with E-state index in [0.29, 0.717) is 11.9 Å². The Labute approximate surface area is 69.1 Å². The van der Waals surface area contributed by atoms with Gasteiger partial charge in [0, 0.05) is 11.9 Å². The third-order valence-corrected chi connectivity index (χ3v) is 1.96. The summed E-state index contributed by atoms with van der Waals surface area (Å²) in [5.74, 6) is 0.692. The van der Waals surface area contributed by atoms with E-state index in [1.165, 1.54) is 0 Å². The number of alkyl halides is 1. The van der Waals surface area contributed by atoms with Crippen LogP contribution in [0.15, 0.2) is 0 Å². The molecule has 1 N–H and O–H groups in total. The van der Waals surface area contributed by atoms with Crippen LogP contribution in [0.4, 0.5) is 0 Å². The van der Waals surface area contributed by atoms with Gasteiger partial charge in [-0.2, -0.15) is 0 Å². The first-order chi connectivity index (χ1) is 4.52. The van der Waals surface area contributed by atoms with Crippen molar-refractivity contribution >= 4 is 11.6 Å². The van der Waals surface area contributed by atoms with Crippen molar-refractivity contribution in [3.63, 3.8) is 0 Å². The van der Waals surface area contributed by atoms with Crippen LogP contribution in [0.2, 0.25) is 0 Å². The Balaban J connectivity index is 3.81. The van der Waals surface area contributed by atoms with E-state index < -0.39 is 0 Å². The van der Waals surface area contributed by atoms with E-state index in [1.807, 2.05) is 0 Å². The quantitative estimate of drug-likeness (QED) is 0.630. The summed E-state index contributed by atoms with van der Waals surface area (Å²) in [6.07, 6.45) is 0. The SMILES string of the molecule is CCNC(CCl)C(C)(C)C. The van der Waals surface area contributed by atoms with Gasteiger partial charge in [-0.15, -0.1) is 11.6 Å². The third-order valence-electron chi connectivity index (χ3n) is 1.65. The average Bonchev–Trinajstić information content (AvgIpc) is 1.80. The minimum absolute atomic E-state index is 0.276. The molecule has 1 atom stereocenters. The molecule has 0 rings (SSSR count). The molecule has 0 aliphatic carbocycles. The van der Waals surface area contributed by atoms with E-state index in [0.717, 1.165) is 6.54 Å². The van der Waals surface area contributed by atoms with Crippen molar-refractivity contribution in [3.05, 3.63) is 0 Å². The molecule has 1 unspecified atom stereocenters. The molecular weight excluding hydrogens is 146 g/mol. The Morgan fingerprint density at radius 3 is 2.00 bits per heavy atom. The zero-order valence-corrected chi connectivity index (χ0v) is 8.13. The molecule has 0 saturated carbocycles. The highest BCUT2D eigenvalue weighted by Crippen LogP contribution is 2.19. The lowest BCUT2D eigenvalue weighted by Gasteiger charge is -2.29. The van der Waals surface area contributed by atoms with E-state index in [9.17, 15) is 0 Å². The summed E-state index contributed by atoms with van der Waals surface area (Å²) in [4.78, 5) is 0. The number of nitrogens with one attached hydrogen (secondary N) is 1. The lowest BCUT2D eigenvalue weighted by Crippen LogP contribution is -2.41. The van der Waals surface area contributed by atoms with Crippen LogP contribution in [0.25, 0.3) is 0 Å². The molecule has 0 bridgehead atoms. The van der Waals surface area contributed by atoms with Gasteiger partial charge in [0.15, 0.2) is 0 Å². The first-order valence-electron chi connectivity index (χ1n) is 3.81. The van der Waals surface area contributed by atoms with Gasteiger partial charge >= 0.3 is 0 Å². The zero-order chi connectivity index (χ0) is 8.20. The zero-order valence-electron chi connectivity index (χ0n) is 7.37. The van der Waals surface area contributed by atoms with Gasteiger partial charge in [0.2, 0.25) is 0 Å². The number of hydrogen-bond acceptors (Lipinski definition) is 1. The predicted molar refractivity (Wildman–Crippen MR) is 47.6 cm³/mol. The molecule has 0 spiro atoms. The average molecular weight is 164 g/mol. The summed E-state index contributed by atoms with van der Waals surface area (Å²) in [6, 6.07) is 0.430. The Bertz CT molecular complexity index is 85.7. The molecule has 0 amide bonds. The fourth-order valence-corrected chi connectivity index (χ4v) is 1.41. The van der Waals surface area contributed by atoms with Crippen LogP contribution in [0.1, 0.15) is 27.7 Å². The van der Waals surface area contributed by atoms with Crippen LogP contribution >= 0.6 is 11.6 Å². The lowest BCUT2D eigenvalue weighted by atomic mass is 9.88. The van der Waals surface area contributed by atoms with E-state index in [2.05, 4.69) is 33.0 Å². The molecular formula is C8H18ClN. The van der Waals surface area contributed by atoms with E-state index in [4.69, 9.17) is 11.6 Å². The molecule has 0 fully saturated rings. The topological polar surface area (TPSA) is 12.0 Å². The van der Waals surface area contributed by atoms with Crippen LogP contribution < -0.4 is 5.32 Å². The highest BCUT2D eigenvalue weighted by molar-refractivity contribution is 6.18. The second-order valence-electron chi connectivity index (χ2n) is 3.63. The Morgan fingerprint density at radius 1 is 1.40 bits per heavy atom. The minimum atomic E-state index is 0.276. The van der Waals surface area contributed by atoms with Gasteiger partial charge in [0.1, 0.15) is 0 Å². The molecule has 62 valence electrons. The summed E-state index contributed by atoms with van der Waals surface area (Å²) in [5, 5.41) is 3.34. The minimum Gasteiger partial charge on any atom is -0.313 e. The fraction of sp³-hybridized carbons (Fsp3) is 1.00. The van der Waals surface area contributed by atoms with Gasteiger partial charge in [0.05, 0.1) is 0 Å². The summed E-state index contributed by atoms with van der Waals surface area (Å²) < 4.78 is 0. The van der Waals surface area contributed by atoms with Gasteiger partial charge in [0.25, 0.3) is 0 Å². The molecule has 0 aliphatic rings. The predicted octanol–water partition coefficient (Wildman–Crippen LogP) is 2.25. The summed E-state index contributed by atoms with van der Waals surface area (Å²) in [5.41, 5.74) is 0.276. The maximum atomic E-state index is 5.77. The number of hydrogen-bond donors (Lipinski definition) is 1. The van der Waals surface area contributed by atoms with Crippen molar-refractivity contribution in [3.8, 4) is 0 Å². The van der Waals surface area contributed by atoms with Gasteiger partial charge in [-0.05, 0) is 12.0 Å². The largest absolute Gasteiger partial charge is 0.313 e. The van der Waals surface area contributed by atoms with Crippen LogP contribution in [0.3, 0.4) is 0 Å². The molecule has 0 radical (unpaired) electrons. The second-order valence-corrected chi connectivity index (χ2v) is 3.94. The third kappa shape index (κ3) is 3.43. The second kappa shape index (κ2) is 4.20. The van der Waals surface area contributed by atoms with E-state index >= 15 is 0 Å². The smallest absolute Gasteiger partial charge is 0.0382 e. The monoisotopic (exact) mass is 163 g/mol. The van der Waals surface area contributed by atoms with Crippen molar-refractivity contribution in [2.75, 3.05) is 12.4 Å². The van der Waals surface area contributed by atoms with Gasteiger partial charge in [-0.1, -0.05) is 27.7 Å². The molecule has 0 aromatic heterocycles. The number of rotatable bonds is 3. The van der Waals surface area contributed by atoms with Crippen LogP contribution in [-0.2, 0) is 0 Å².